The van der Waals surface area contributed by atoms with Crippen molar-refractivity contribution in [2.45, 2.75) is 97.8 Å². The van der Waals surface area contributed by atoms with E-state index in [9.17, 15) is 0 Å². The van der Waals surface area contributed by atoms with E-state index in [2.05, 4.69) is 341 Å². The molecule has 0 fully saturated rings. The maximum Gasteiger partial charge on any atom is 0.0725 e. The van der Waals surface area contributed by atoms with Crippen molar-refractivity contribution in [2.75, 3.05) is 4.90 Å². The van der Waals surface area contributed by atoms with Crippen LogP contribution < -0.4 is 4.90 Å². The number of hydrogen-bond acceptors (Lipinski definition) is 1. The molecule has 0 aliphatic heterocycles. The lowest BCUT2D eigenvalue weighted by molar-refractivity contribution is 0.229. The molecule has 90 heavy (non-hydrogen) atoms. The van der Waals surface area contributed by atoms with Gasteiger partial charge in [0.1, 0.15) is 0 Å². The van der Waals surface area contributed by atoms with Gasteiger partial charge in [-0.15, -0.1) is 0 Å². The standard InChI is InChI=1S/C89H77N/c1-85(2,3)55-84(86(4,5)6)67-25-15-14-24-66(67)62-40-47-75-70-28-18-21-31-78(70)89(83(75)52-62)77-30-20-17-27-69(77)74-46-39-61(51-82(74)89)59-34-32-58(33-35-59)60-38-45-71-73-49-44-65(54-81(73)88(9,10)79(71)50-60)90(63-41-36-57(37-42-63)56-22-12-11-13-23-56)64-43-48-72-68-26-16-19-29-76(68)87(7,8)80(72)53-64/h11-54,84H,55H2,1-10H3. The van der Waals surface area contributed by atoms with Crippen LogP contribution in [0.1, 0.15) is 132 Å². The minimum atomic E-state index is -0.485. The Morgan fingerprint density at radius 2 is 0.611 bits per heavy atom. The average Bonchev–Trinajstić information content (AvgIpc) is 1.51. The lowest BCUT2D eigenvalue weighted by atomic mass is 9.67. The zero-order valence-electron chi connectivity index (χ0n) is 53.6. The second-order valence-corrected chi connectivity index (χ2v) is 29.5. The molecule has 0 saturated carbocycles. The van der Waals surface area contributed by atoms with Crippen molar-refractivity contribution in [1.82, 2.24) is 0 Å². The van der Waals surface area contributed by atoms with Gasteiger partial charge in [0, 0.05) is 27.9 Å². The number of benzene rings is 12. The Morgan fingerprint density at radius 1 is 0.278 bits per heavy atom. The van der Waals surface area contributed by atoms with Crippen molar-refractivity contribution in [3.63, 3.8) is 0 Å². The summed E-state index contributed by atoms with van der Waals surface area (Å²) in [5.74, 6) is 0.387. The lowest BCUT2D eigenvalue weighted by Crippen LogP contribution is -2.26. The van der Waals surface area contributed by atoms with Gasteiger partial charge in [0.15, 0.2) is 0 Å². The summed E-state index contributed by atoms with van der Waals surface area (Å²) in [5.41, 5.74) is 35.7. The molecule has 2 unspecified atom stereocenters. The summed E-state index contributed by atoms with van der Waals surface area (Å²) in [6.45, 7) is 24.0. The minimum absolute atomic E-state index is 0.0880. The summed E-state index contributed by atoms with van der Waals surface area (Å²) < 4.78 is 0. The summed E-state index contributed by atoms with van der Waals surface area (Å²) >= 11 is 0. The molecule has 0 bridgehead atoms. The summed E-state index contributed by atoms with van der Waals surface area (Å²) in [6, 6.07) is 102. The Labute approximate surface area is 533 Å². The van der Waals surface area contributed by atoms with E-state index in [0.29, 0.717) is 5.92 Å². The van der Waals surface area contributed by atoms with Crippen LogP contribution in [-0.2, 0) is 16.2 Å². The molecule has 2 atom stereocenters. The van der Waals surface area contributed by atoms with Gasteiger partial charge < -0.3 is 4.90 Å². The quantitative estimate of drug-likeness (QED) is 0.139. The van der Waals surface area contributed by atoms with Crippen molar-refractivity contribution < 1.29 is 0 Å². The molecular weight excluding hydrogens is 1080 g/mol. The van der Waals surface area contributed by atoms with Crippen LogP contribution in [0, 0.1) is 10.8 Å². The predicted molar refractivity (Wildman–Crippen MR) is 381 cm³/mol. The average molecular weight is 1160 g/mol. The smallest absolute Gasteiger partial charge is 0.0725 e. The Hall–Kier alpha value is -9.56. The van der Waals surface area contributed by atoms with Crippen LogP contribution in [0.25, 0.3) is 89.0 Å². The van der Waals surface area contributed by atoms with E-state index in [1.54, 1.807) is 0 Å². The van der Waals surface area contributed by atoms with Crippen LogP contribution in [0.15, 0.2) is 267 Å². The first-order chi connectivity index (χ1) is 43.4. The second-order valence-electron chi connectivity index (χ2n) is 29.5. The molecule has 1 nitrogen and oxygen atoms in total. The van der Waals surface area contributed by atoms with Crippen LogP contribution >= 0.6 is 0 Å². The predicted octanol–water partition coefficient (Wildman–Crippen LogP) is 24.3. The molecule has 0 amide bonds. The van der Waals surface area contributed by atoms with Gasteiger partial charge in [-0.1, -0.05) is 282 Å². The third-order valence-corrected chi connectivity index (χ3v) is 21.1. The third-order valence-electron chi connectivity index (χ3n) is 21.1. The monoisotopic (exact) mass is 1160 g/mol. The normalized spacial score (nSPS) is 16.1. The molecule has 4 aliphatic rings. The van der Waals surface area contributed by atoms with E-state index >= 15 is 0 Å². The molecule has 0 N–H and O–H groups in total. The van der Waals surface area contributed by atoms with Gasteiger partial charge in [0.05, 0.1) is 5.41 Å². The number of fused-ring (bicyclic) bond motifs is 16. The van der Waals surface area contributed by atoms with Gasteiger partial charge in [-0.2, -0.15) is 0 Å². The fourth-order valence-corrected chi connectivity index (χ4v) is 16.7. The van der Waals surface area contributed by atoms with Crippen LogP contribution in [0.4, 0.5) is 17.1 Å². The molecule has 1 spiro atoms. The maximum atomic E-state index is 2.57. The summed E-state index contributed by atoms with van der Waals surface area (Å²) in [4.78, 5) is 2.47. The molecule has 438 valence electrons. The van der Waals surface area contributed by atoms with Crippen LogP contribution in [0.2, 0.25) is 0 Å². The zero-order chi connectivity index (χ0) is 61.6. The van der Waals surface area contributed by atoms with Crippen LogP contribution in [0.5, 0.6) is 0 Å². The highest BCUT2D eigenvalue weighted by atomic mass is 15.1. The van der Waals surface area contributed by atoms with Gasteiger partial charge in [-0.3, -0.25) is 0 Å². The highest BCUT2D eigenvalue weighted by Crippen LogP contribution is 2.64. The molecule has 0 saturated heterocycles. The first-order valence-electron chi connectivity index (χ1n) is 32.6. The van der Waals surface area contributed by atoms with Crippen LogP contribution in [0.3, 0.4) is 0 Å². The van der Waals surface area contributed by atoms with Crippen molar-refractivity contribution >= 4 is 17.1 Å². The molecule has 0 radical (unpaired) electrons. The molecule has 12 aromatic rings. The van der Waals surface area contributed by atoms with Crippen molar-refractivity contribution in [1.29, 1.82) is 0 Å². The van der Waals surface area contributed by atoms with E-state index in [0.717, 1.165) is 23.5 Å². The van der Waals surface area contributed by atoms with E-state index in [1.165, 1.54) is 139 Å². The lowest BCUT2D eigenvalue weighted by Gasteiger charge is -2.37. The van der Waals surface area contributed by atoms with Crippen molar-refractivity contribution in [3.05, 3.63) is 317 Å². The summed E-state index contributed by atoms with van der Waals surface area (Å²) in [5, 5.41) is 0. The topological polar surface area (TPSA) is 3.24 Å². The first kappa shape index (κ1) is 55.7. The number of anilines is 3. The van der Waals surface area contributed by atoms with E-state index in [1.807, 2.05) is 0 Å². The largest absolute Gasteiger partial charge is 0.310 e. The molecule has 1 heteroatoms. The molecule has 4 aliphatic carbocycles. The van der Waals surface area contributed by atoms with Crippen molar-refractivity contribution in [2.24, 2.45) is 10.8 Å². The molecular formula is C89H77N. The Balaban J connectivity index is 0.746. The molecule has 0 aromatic heterocycles. The Morgan fingerprint density at radius 3 is 1.13 bits per heavy atom. The Kier molecular flexibility index (Phi) is 12.5. The summed E-state index contributed by atoms with van der Waals surface area (Å²) in [6.07, 6.45) is 1.11. The van der Waals surface area contributed by atoms with Crippen LogP contribution in [-0.4, -0.2) is 0 Å². The molecule has 16 rings (SSSR count). The van der Waals surface area contributed by atoms with Gasteiger partial charge in [0.25, 0.3) is 0 Å². The number of nitrogens with zero attached hydrogens (tertiary/aromatic N) is 1. The fourth-order valence-electron chi connectivity index (χ4n) is 16.7. The SMILES string of the molecule is CC(C)(C)CC(c1ccccc1-c1ccc2c(c1)C1(c3ccccc3-c3ccc(-c4ccc(-c5ccc6c(c5)C(C)(C)c5cc(N(c7ccc(-c8ccccc8)cc7)c7ccc8c(c7)C(C)(C)c7ccccc7-8)ccc5-6)cc4)cc31)c1ccccc1-2)C(C)(C)C. The highest BCUT2D eigenvalue weighted by molar-refractivity contribution is 5.98. The van der Waals surface area contributed by atoms with Gasteiger partial charge in [-0.25, -0.2) is 0 Å². The van der Waals surface area contributed by atoms with Gasteiger partial charge in [-0.05, 0) is 217 Å². The highest BCUT2D eigenvalue weighted by Gasteiger charge is 2.52. The first-order valence-corrected chi connectivity index (χ1v) is 32.6. The molecule has 12 aromatic carbocycles. The van der Waals surface area contributed by atoms with E-state index < -0.39 is 5.41 Å². The number of rotatable bonds is 9. The van der Waals surface area contributed by atoms with E-state index in [-0.39, 0.29) is 21.7 Å². The van der Waals surface area contributed by atoms with E-state index in [4.69, 9.17) is 0 Å². The summed E-state index contributed by atoms with van der Waals surface area (Å²) in [7, 11) is 0. The minimum Gasteiger partial charge on any atom is -0.310 e. The maximum absolute atomic E-state index is 2.57. The second kappa shape index (κ2) is 20.2. The number of hydrogen-bond donors (Lipinski definition) is 0. The van der Waals surface area contributed by atoms with Gasteiger partial charge >= 0.3 is 0 Å². The zero-order valence-corrected chi connectivity index (χ0v) is 53.6. The van der Waals surface area contributed by atoms with Gasteiger partial charge in [0.2, 0.25) is 0 Å². The fraction of sp³-hybridized carbons (Fsp3) is 0.191. The third kappa shape index (κ3) is 8.56. The van der Waals surface area contributed by atoms with Crippen molar-refractivity contribution in [3.8, 4) is 89.0 Å². The Bertz CT molecular complexity index is 4850. The molecule has 0 heterocycles.